The van der Waals surface area contributed by atoms with E-state index in [1.165, 1.54) is 99.1 Å². The summed E-state index contributed by atoms with van der Waals surface area (Å²) in [6.07, 6.45) is 0. The second-order valence-corrected chi connectivity index (χ2v) is 20.9. The molecule has 0 saturated carbocycles. The zero-order valence-electron chi connectivity index (χ0n) is 43.1. The Morgan fingerprint density at radius 3 is 1.16 bits per heavy atom. The Labute approximate surface area is 451 Å². The molecule has 1 aliphatic rings. The second-order valence-electron chi connectivity index (χ2n) is 20.9. The van der Waals surface area contributed by atoms with Crippen LogP contribution in [0.1, 0.15) is 25.0 Å². The summed E-state index contributed by atoms with van der Waals surface area (Å²) < 4.78 is 0. The second kappa shape index (κ2) is 18.9. The third kappa shape index (κ3) is 8.05. The Hall–Kier alpha value is -9.76. The predicted octanol–water partition coefficient (Wildman–Crippen LogP) is 21.1. The molecule has 364 valence electrons. The van der Waals surface area contributed by atoms with Crippen LogP contribution < -0.4 is 9.80 Å². The largest absolute Gasteiger partial charge is 0.310 e. The van der Waals surface area contributed by atoms with Crippen LogP contribution in [-0.4, -0.2) is 0 Å². The summed E-state index contributed by atoms with van der Waals surface area (Å²) in [6, 6.07) is 107. The molecule has 1 aliphatic carbocycles. The molecule has 0 amide bonds. The number of fused-ring (bicyclic) bond motifs is 6. The predicted molar refractivity (Wildman–Crippen MR) is 328 cm³/mol. The molecule has 0 aromatic heterocycles. The molecule has 2 nitrogen and oxygen atoms in total. The number of benzene rings is 13. The van der Waals surface area contributed by atoms with Gasteiger partial charge in [-0.3, -0.25) is 0 Å². The lowest BCUT2D eigenvalue weighted by molar-refractivity contribution is 0.645. The van der Waals surface area contributed by atoms with E-state index in [2.05, 4.69) is 315 Å². The highest BCUT2D eigenvalue weighted by molar-refractivity contribution is 6.25. The lowest BCUT2D eigenvalue weighted by atomic mass is 9.68. The molecule has 0 saturated heterocycles. The van der Waals surface area contributed by atoms with Crippen LogP contribution in [0.2, 0.25) is 0 Å². The summed E-state index contributed by atoms with van der Waals surface area (Å²) in [5.74, 6) is 0. The number of para-hydroxylation sites is 2. The minimum atomic E-state index is -0.337. The Kier molecular flexibility index (Phi) is 11.2. The minimum Gasteiger partial charge on any atom is -0.310 e. The van der Waals surface area contributed by atoms with Gasteiger partial charge in [0, 0.05) is 39.2 Å². The number of anilines is 6. The van der Waals surface area contributed by atoms with Crippen LogP contribution in [0.3, 0.4) is 0 Å². The Morgan fingerprint density at radius 2 is 0.649 bits per heavy atom. The third-order valence-electron chi connectivity index (χ3n) is 15.9. The van der Waals surface area contributed by atoms with E-state index in [-0.39, 0.29) is 5.41 Å². The first-order chi connectivity index (χ1) is 37.9. The maximum Gasteiger partial charge on any atom is 0.0546 e. The van der Waals surface area contributed by atoms with Gasteiger partial charge < -0.3 is 9.80 Å². The van der Waals surface area contributed by atoms with Crippen LogP contribution in [-0.2, 0) is 5.41 Å². The molecule has 0 radical (unpaired) electrons. The van der Waals surface area contributed by atoms with Gasteiger partial charge in [-0.05, 0) is 179 Å². The number of hydrogen-bond donors (Lipinski definition) is 0. The Balaban J connectivity index is 0.979. The van der Waals surface area contributed by atoms with E-state index < -0.39 is 0 Å². The first-order valence-corrected chi connectivity index (χ1v) is 26.7. The summed E-state index contributed by atoms with van der Waals surface area (Å²) in [4.78, 5) is 4.92. The van der Waals surface area contributed by atoms with Crippen molar-refractivity contribution in [3.05, 3.63) is 302 Å². The molecule has 13 aromatic rings. The highest BCUT2D eigenvalue weighted by Crippen LogP contribution is 2.54. The summed E-state index contributed by atoms with van der Waals surface area (Å²) in [7, 11) is 0. The Morgan fingerprint density at radius 1 is 0.234 bits per heavy atom. The van der Waals surface area contributed by atoms with Gasteiger partial charge in [-0.15, -0.1) is 0 Å². The minimum absolute atomic E-state index is 0.337. The van der Waals surface area contributed by atoms with Crippen molar-refractivity contribution >= 4 is 66.4 Å². The molecule has 0 unspecified atom stereocenters. The molecule has 0 aliphatic heterocycles. The van der Waals surface area contributed by atoms with Crippen LogP contribution in [0.4, 0.5) is 34.1 Å². The molecule has 0 heterocycles. The fourth-order valence-corrected chi connectivity index (χ4v) is 12.2. The first-order valence-electron chi connectivity index (χ1n) is 26.7. The molecule has 0 atom stereocenters. The molecule has 14 rings (SSSR count). The fourth-order valence-electron chi connectivity index (χ4n) is 12.2. The lowest BCUT2D eigenvalue weighted by Crippen LogP contribution is -2.24. The van der Waals surface area contributed by atoms with Gasteiger partial charge in [0.05, 0.1) is 5.69 Å². The summed E-state index contributed by atoms with van der Waals surface area (Å²) in [5, 5.41) is 7.47. The molecule has 2 heteroatoms. The van der Waals surface area contributed by atoms with Crippen molar-refractivity contribution in [1.29, 1.82) is 0 Å². The van der Waals surface area contributed by atoms with Gasteiger partial charge in [-0.2, -0.15) is 0 Å². The van der Waals surface area contributed by atoms with E-state index >= 15 is 0 Å². The third-order valence-corrected chi connectivity index (χ3v) is 15.9. The van der Waals surface area contributed by atoms with Gasteiger partial charge in [-0.1, -0.05) is 220 Å². The quantitative estimate of drug-likeness (QED) is 0.126. The maximum absolute atomic E-state index is 2.50. The van der Waals surface area contributed by atoms with Crippen LogP contribution >= 0.6 is 0 Å². The standard InChI is InChI=1S/C75H54N2/c1-75(2)71-39-23-38-67-69-50-73(77(60-34-19-8-20-35-60)63-46-57(53-28-13-5-14-29-53)43-58(47-63)54-30-15-6-16-31-54)66-37-22-21-36-64(66)68(69)49-70(74(67)71)65-41-40-61(48-72(65)75)76(59-32-17-7-18-33-59)62-44-55(51-24-9-3-10-25-51)42-56(45-62)52-26-11-4-12-27-52/h3-50H,1-2H3. The molecular weight excluding hydrogens is 929 g/mol. The van der Waals surface area contributed by atoms with Crippen LogP contribution in [0, 0.1) is 0 Å². The van der Waals surface area contributed by atoms with E-state index in [1.807, 2.05) is 0 Å². The van der Waals surface area contributed by atoms with Crippen molar-refractivity contribution in [2.75, 3.05) is 9.80 Å². The van der Waals surface area contributed by atoms with Crippen molar-refractivity contribution in [2.24, 2.45) is 0 Å². The number of hydrogen-bond acceptors (Lipinski definition) is 2. The molecule has 13 aromatic carbocycles. The number of nitrogens with zero attached hydrogens (tertiary/aromatic N) is 2. The van der Waals surface area contributed by atoms with Crippen molar-refractivity contribution in [3.63, 3.8) is 0 Å². The Bertz CT molecular complexity index is 4210. The summed E-state index contributed by atoms with van der Waals surface area (Å²) in [5.41, 5.74) is 20.9. The highest BCUT2D eigenvalue weighted by Gasteiger charge is 2.35. The molecule has 0 fully saturated rings. The SMILES string of the molecule is CC1(C)c2cc(N(c3ccccc3)c3cc(-c4ccccc4)cc(-c4ccccc4)c3)ccc2-c2cc3c4ccccc4c(N(c4ccccc4)c4cc(-c5ccccc5)cc(-c5ccccc5)c4)cc3c3cccc1c23. The first kappa shape index (κ1) is 45.8. The molecule has 77 heavy (non-hydrogen) atoms. The summed E-state index contributed by atoms with van der Waals surface area (Å²) >= 11 is 0. The van der Waals surface area contributed by atoms with Gasteiger partial charge in [-0.25, -0.2) is 0 Å². The number of rotatable bonds is 10. The lowest BCUT2D eigenvalue weighted by Gasteiger charge is -2.37. The normalized spacial score (nSPS) is 12.4. The van der Waals surface area contributed by atoms with Crippen molar-refractivity contribution < 1.29 is 0 Å². The zero-order valence-corrected chi connectivity index (χ0v) is 43.1. The van der Waals surface area contributed by atoms with Gasteiger partial charge in [0.25, 0.3) is 0 Å². The van der Waals surface area contributed by atoms with Crippen LogP contribution in [0.25, 0.3) is 88.0 Å². The highest BCUT2D eigenvalue weighted by atomic mass is 15.1. The smallest absolute Gasteiger partial charge is 0.0546 e. The van der Waals surface area contributed by atoms with E-state index in [9.17, 15) is 0 Å². The molecule has 0 N–H and O–H groups in total. The van der Waals surface area contributed by atoms with Crippen molar-refractivity contribution in [1.82, 2.24) is 0 Å². The average molecular weight is 983 g/mol. The molecule has 0 spiro atoms. The van der Waals surface area contributed by atoms with Crippen molar-refractivity contribution in [3.8, 4) is 55.6 Å². The topological polar surface area (TPSA) is 6.48 Å². The maximum atomic E-state index is 2.50. The van der Waals surface area contributed by atoms with E-state index in [0.717, 1.165) is 34.1 Å². The van der Waals surface area contributed by atoms with Crippen molar-refractivity contribution in [2.45, 2.75) is 19.3 Å². The fraction of sp³-hybridized carbons (Fsp3) is 0.0400. The van der Waals surface area contributed by atoms with E-state index in [4.69, 9.17) is 0 Å². The summed E-state index contributed by atoms with van der Waals surface area (Å²) in [6.45, 7) is 4.84. The van der Waals surface area contributed by atoms with Gasteiger partial charge in [0.2, 0.25) is 0 Å². The zero-order chi connectivity index (χ0) is 51.5. The monoisotopic (exact) mass is 982 g/mol. The van der Waals surface area contributed by atoms with Gasteiger partial charge >= 0.3 is 0 Å². The molecule has 0 bridgehead atoms. The van der Waals surface area contributed by atoms with Crippen LogP contribution in [0.15, 0.2) is 291 Å². The van der Waals surface area contributed by atoms with Crippen LogP contribution in [0.5, 0.6) is 0 Å². The van der Waals surface area contributed by atoms with Gasteiger partial charge in [0.15, 0.2) is 0 Å². The van der Waals surface area contributed by atoms with E-state index in [1.54, 1.807) is 0 Å². The van der Waals surface area contributed by atoms with Gasteiger partial charge in [0.1, 0.15) is 0 Å². The molecular formula is C75H54N2. The average Bonchev–Trinajstić information content (AvgIpc) is 3.64. The van der Waals surface area contributed by atoms with E-state index in [0.29, 0.717) is 0 Å².